The van der Waals surface area contributed by atoms with Crippen LogP contribution in [-0.2, 0) is 4.79 Å². The van der Waals surface area contributed by atoms with E-state index in [4.69, 9.17) is 0 Å². The van der Waals surface area contributed by atoms with Crippen molar-refractivity contribution in [3.05, 3.63) is 35.9 Å². The molecular weight excluding hydrogens is 238 g/mol. The maximum atomic E-state index is 12.5. The van der Waals surface area contributed by atoms with Crippen LogP contribution in [0.25, 0.3) is 0 Å². The predicted octanol–water partition coefficient (Wildman–Crippen LogP) is 2.81. The molecule has 1 aromatic carbocycles. The SMILES string of the molecule is CCC1(C(=O)N[C@H](CO)c2ccccc2)CCCC1. The second-order valence-electron chi connectivity index (χ2n) is 5.46. The van der Waals surface area contributed by atoms with E-state index in [1.54, 1.807) is 0 Å². The fourth-order valence-corrected chi connectivity index (χ4v) is 3.02. The van der Waals surface area contributed by atoms with Crippen molar-refractivity contribution in [3.8, 4) is 0 Å². The number of benzene rings is 1. The summed E-state index contributed by atoms with van der Waals surface area (Å²) in [5.74, 6) is 0.107. The first-order valence-corrected chi connectivity index (χ1v) is 7.18. The zero-order valence-electron chi connectivity index (χ0n) is 11.6. The Morgan fingerprint density at radius 3 is 2.47 bits per heavy atom. The standard InChI is InChI=1S/C16H23NO2/c1-2-16(10-6-7-11-16)15(19)17-14(12-18)13-8-4-3-5-9-13/h3-5,8-9,14,18H,2,6-7,10-12H2,1H3,(H,17,19)/t14-/m1/s1. The summed E-state index contributed by atoms with van der Waals surface area (Å²) in [5, 5.41) is 12.5. The van der Waals surface area contributed by atoms with E-state index in [-0.39, 0.29) is 24.0 Å². The van der Waals surface area contributed by atoms with Gasteiger partial charge in [-0.1, -0.05) is 50.1 Å². The Labute approximate surface area is 115 Å². The molecule has 0 spiro atoms. The molecule has 19 heavy (non-hydrogen) atoms. The summed E-state index contributed by atoms with van der Waals surface area (Å²) in [5.41, 5.74) is 0.755. The van der Waals surface area contributed by atoms with E-state index >= 15 is 0 Å². The Morgan fingerprint density at radius 2 is 1.95 bits per heavy atom. The smallest absolute Gasteiger partial charge is 0.226 e. The predicted molar refractivity (Wildman–Crippen MR) is 75.6 cm³/mol. The fraction of sp³-hybridized carbons (Fsp3) is 0.562. The van der Waals surface area contributed by atoms with Gasteiger partial charge in [0, 0.05) is 5.41 Å². The van der Waals surface area contributed by atoms with Gasteiger partial charge in [-0.25, -0.2) is 0 Å². The Bertz CT molecular complexity index is 410. The number of carbonyl (C=O) groups is 1. The second-order valence-corrected chi connectivity index (χ2v) is 5.46. The average Bonchev–Trinajstić information content (AvgIpc) is 2.95. The van der Waals surface area contributed by atoms with Crippen molar-refractivity contribution in [1.82, 2.24) is 5.32 Å². The molecule has 1 fully saturated rings. The molecule has 1 aliphatic carbocycles. The van der Waals surface area contributed by atoms with Crippen LogP contribution in [0.3, 0.4) is 0 Å². The molecule has 3 heteroatoms. The highest BCUT2D eigenvalue weighted by Crippen LogP contribution is 2.41. The van der Waals surface area contributed by atoms with Crippen molar-refractivity contribution in [3.63, 3.8) is 0 Å². The lowest BCUT2D eigenvalue weighted by Crippen LogP contribution is -2.41. The normalized spacial score (nSPS) is 19.1. The van der Waals surface area contributed by atoms with E-state index in [1.807, 2.05) is 30.3 Å². The van der Waals surface area contributed by atoms with Gasteiger partial charge in [0.15, 0.2) is 0 Å². The van der Waals surface area contributed by atoms with Gasteiger partial charge in [-0.2, -0.15) is 0 Å². The third kappa shape index (κ3) is 2.98. The quantitative estimate of drug-likeness (QED) is 0.856. The lowest BCUT2D eigenvalue weighted by molar-refractivity contribution is -0.132. The highest BCUT2D eigenvalue weighted by atomic mass is 16.3. The van der Waals surface area contributed by atoms with E-state index in [0.717, 1.165) is 37.7 Å². The number of aliphatic hydroxyl groups is 1. The van der Waals surface area contributed by atoms with Crippen LogP contribution < -0.4 is 5.32 Å². The van der Waals surface area contributed by atoms with Crippen molar-refractivity contribution < 1.29 is 9.90 Å². The zero-order valence-corrected chi connectivity index (χ0v) is 11.6. The minimum atomic E-state index is -0.294. The lowest BCUT2D eigenvalue weighted by Gasteiger charge is -2.29. The Kier molecular flexibility index (Phi) is 4.59. The minimum absolute atomic E-state index is 0.0600. The van der Waals surface area contributed by atoms with Crippen LogP contribution in [0.15, 0.2) is 30.3 Å². The van der Waals surface area contributed by atoms with Crippen molar-refractivity contribution in [2.24, 2.45) is 5.41 Å². The monoisotopic (exact) mass is 261 g/mol. The van der Waals surface area contributed by atoms with Crippen LogP contribution >= 0.6 is 0 Å². The van der Waals surface area contributed by atoms with Gasteiger partial charge in [0.1, 0.15) is 0 Å². The van der Waals surface area contributed by atoms with Gasteiger partial charge in [0.05, 0.1) is 12.6 Å². The first kappa shape index (κ1) is 14.1. The maximum Gasteiger partial charge on any atom is 0.226 e. The second kappa shape index (κ2) is 6.20. The van der Waals surface area contributed by atoms with Gasteiger partial charge >= 0.3 is 0 Å². The molecule has 3 nitrogen and oxygen atoms in total. The molecule has 2 rings (SSSR count). The molecule has 1 saturated carbocycles. The van der Waals surface area contributed by atoms with Crippen molar-refractivity contribution in [1.29, 1.82) is 0 Å². The lowest BCUT2D eigenvalue weighted by atomic mass is 9.82. The van der Waals surface area contributed by atoms with Gasteiger partial charge in [0.2, 0.25) is 5.91 Å². The van der Waals surface area contributed by atoms with Gasteiger partial charge in [0.25, 0.3) is 0 Å². The number of nitrogens with one attached hydrogen (secondary N) is 1. The summed E-state index contributed by atoms with van der Waals surface area (Å²) in [7, 11) is 0. The molecule has 0 aliphatic heterocycles. The number of amides is 1. The van der Waals surface area contributed by atoms with E-state index in [1.165, 1.54) is 0 Å². The summed E-state index contributed by atoms with van der Waals surface area (Å²) in [4.78, 5) is 12.5. The Hall–Kier alpha value is -1.35. The molecule has 1 atom stereocenters. The number of rotatable bonds is 5. The molecule has 0 heterocycles. The van der Waals surface area contributed by atoms with Gasteiger partial charge < -0.3 is 10.4 Å². The van der Waals surface area contributed by atoms with E-state index in [0.29, 0.717) is 0 Å². The Morgan fingerprint density at radius 1 is 1.32 bits per heavy atom. The van der Waals surface area contributed by atoms with Gasteiger partial charge in [-0.15, -0.1) is 0 Å². The molecule has 0 bridgehead atoms. The number of carbonyl (C=O) groups excluding carboxylic acids is 1. The van der Waals surface area contributed by atoms with Crippen LogP contribution in [-0.4, -0.2) is 17.6 Å². The molecule has 0 saturated heterocycles. The topological polar surface area (TPSA) is 49.3 Å². The number of aliphatic hydroxyl groups excluding tert-OH is 1. The minimum Gasteiger partial charge on any atom is -0.394 e. The van der Waals surface area contributed by atoms with Gasteiger partial charge in [-0.3, -0.25) is 4.79 Å². The molecule has 1 aromatic rings. The van der Waals surface area contributed by atoms with Crippen molar-refractivity contribution in [2.75, 3.05) is 6.61 Å². The summed E-state index contributed by atoms with van der Waals surface area (Å²) >= 11 is 0. The third-order valence-electron chi connectivity index (χ3n) is 4.41. The van der Waals surface area contributed by atoms with E-state index < -0.39 is 0 Å². The molecule has 2 N–H and O–H groups in total. The summed E-state index contributed by atoms with van der Waals surface area (Å²) in [6, 6.07) is 9.37. The number of hydrogen-bond acceptors (Lipinski definition) is 2. The van der Waals surface area contributed by atoms with Gasteiger partial charge in [-0.05, 0) is 24.8 Å². The first-order chi connectivity index (χ1) is 9.22. The third-order valence-corrected chi connectivity index (χ3v) is 4.41. The molecular formula is C16H23NO2. The number of hydrogen-bond donors (Lipinski definition) is 2. The zero-order chi connectivity index (χ0) is 13.7. The molecule has 1 amide bonds. The Balaban J connectivity index is 2.08. The van der Waals surface area contributed by atoms with Crippen LogP contribution in [0, 0.1) is 5.41 Å². The van der Waals surface area contributed by atoms with Crippen LogP contribution in [0.2, 0.25) is 0 Å². The largest absolute Gasteiger partial charge is 0.394 e. The van der Waals surface area contributed by atoms with Crippen LogP contribution in [0.4, 0.5) is 0 Å². The van der Waals surface area contributed by atoms with Crippen molar-refractivity contribution in [2.45, 2.75) is 45.1 Å². The van der Waals surface area contributed by atoms with Crippen molar-refractivity contribution >= 4 is 5.91 Å². The molecule has 104 valence electrons. The first-order valence-electron chi connectivity index (χ1n) is 7.18. The summed E-state index contributed by atoms with van der Waals surface area (Å²) < 4.78 is 0. The van der Waals surface area contributed by atoms with E-state index in [2.05, 4.69) is 12.2 Å². The molecule has 1 aliphatic rings. The average molecular weight is 261 g/mol. The fourth-order valence-electron chi connectivity index (χ4n) is 3.02. The molecule has 0 aromatic heterocycles. The van der Waals surface area contributed by atoms with E-state index in [9.17, 15) is 9.90 Å². The summed E-state index contributed by atoms with van der Waals surface area (Å²) in [6.45, 7) is 2.02. The van der Waals surface area contributed by atoms with Crippen LogP contribution in [0.5, 0.6) is 0 Å². The molecule has 0 radical (unpaired) electrons. The highest BCUT2D eigenvalue weighted by molar-refractivity contribution is 5.83. The maximum absolute atomic E-state index is 12.5. The summed E-state index contributed by atoms with van der Waals surface area (Å²) in [6.07, 6.45) is 5.10. The van der Waals surface area contributed by atoms with Crippen LogP contribution in [0.1, 0.15) is 50.6 Å². The molecule has 0 unspecified atom stereocenters. The highest BCUT2D eigenvalue weighted by Gasteiger charge is 2.39.